The second kappa shape index (κ2) is 9.26. The van der Waals surface area contributed by atoms with Crippen LogP contribution < -0.4 is 20.2 Å². The molecular weight excluding hydrogens is 434 g/mol. The lowest BCUT2D eigenvalue weighted by Crippen LogP contribution is -2.40. The predicted octanol–water partition coefficient (Wildman–Crippen LogP) is 2.76. The largest absolute Gasteiger partial charge is 0.493 e. The Kier molecular flexibility index (Phi) is 6.22. The van der Waals surface area contributed by atoms with Gasteiger partial charge in [0.1, 0.15) is 17.9 Å². The molecule has 0 aliphatic heterocycles. The Morgan fingerprint density at radius 1 is 1.18 bits per heavy atom. The van der Waals surface area contributed by atoms with E-state index in [1.54, 1.807) is 42.4 Å². The number of nitrogens with zero attached hydrogens (tertiary/aromatic N) is 4. The molecule has 1 amide bonds. The maximum atomic E-state index is 12.5. The first kappa shape index (κ1) is 22.8. The molecule has 0 saturated heterocycles. The van der Waals surface area contributed by atoms with Gasteiger partial charge < -0.3 is 20.2 Å². The number of H-pyrrole nitrogens is 1. The number of aromatic amines is 1. The van der Waals surface area contributed by atoms with Crippen LogP contribution in [0.1, 0.15) is 23.7 Å². The van der Waals surface area contributed by atoms with Gasteiger partial charge in [0.05, 0.1) is 30.9 Å². The van der Waals surface area contributed by atoms with Gasteiger partial charge in [0.15, 0.2) is 17.3 Å². The van der Waals surface area contributed by atoms with Gasteiger partial charge in [0.25, 0.3) is 0 Å². The summed E-state index contributed by atoms with van der Waals surface area (Å²) in [6.45, 7) is 3.87. The van der Waals surface area contributed by atoms with Crippen LogP contribution in [0.2, 0.25) is 0 Å². The number of aromatic nitrogens is 4. The number of ether oxygens (including phenoxy) is 2. The van der Waals surface area contributed by atoms with Crippen LogP contribution in [0.4, 0.5) is 0 Å². The lowest BCUT2D eigenvalue weighted by atomic mass is 10.1. The quantitative estimate of drug-likeness (QED) is 0.273. The van der Waals surface area contributed by atoms with E-state index in [1.807, 2.05) is 31.2 Å². The number of hydrogen-bond donors (Lipinski definition) is 3. The lowest BCUT2D eigenvalue weighted by molar-refractivity contribution is -0.118. The first-order valence-corrected chi connectivity index (χ1v) is 10.7. The average Bonchev–Trinajstić information content (AvgIpc) is 3.41. The number of carbonyl (C=O) groups is 1. The highest BCUT2D eigenvalue weighted by Gasteiger charge is 2.19. The number of nitrogens with one attached hydrogen (secondary N) is 2. The number of methoxy groups -OCH3 is 2. The average molecular weight is 462 g/mol. The van der Waals surface area contributed by atoms with E-state index in [1.165, 1.54) is 6.92 Å². The summed E-state index contributed by atoms with van der Waals surface area (Å²) < 4.78 is 12.4. The van der Waals surface area contributed by atoms with Gasteiger partial charge in [-0.25, -0.2) is 19.7 Å². The number of nitrogen functional groups attached to an aromatic ring is 1. The van der Waals surface area contributed by atoms with Crippen molar-refractivity contribution in [2.75, 3.05) is 25.8 Å². The Hall–Kier alpha value is -4.34. The maximum absolute atomic E-state index is 12.5. The van der Waals surface area contributed by atoms with E-state index in [0.717, 1.165) is 16.8 Å². The van der Waals surface area contributed by atoms with Gasteiger partial charge in [-0.05, 0) is 49.2 Å². The van der Waals surface area contributed by atoms with Crippen molar-refractivity contribution in [3.05, 3.63) is 59.5 Å². The summed E-state index contributed by atoms with van der Waals surface area (Å²) in [4.78, 5) is 24.9. The number of fused-ring (bicyclic) bond motifs is 1. The highest BCUT2D eigenvalue weighted by Crippen LogP contribution is 2.28. The number of imidazole rings is 2. The summed E-state index contributed by atoms with van der Waals surface area (Å²) in [6, 6.07) is 11.1. The van der Waals surface area contributed by atoms with Gasteiger partial charge in [0, 0.05) is 19.0 Å². The molecule has 10 nitrogen and oxygen atoms in total. The van der Waals surface area contributed by atoms with Crippen LogP contribution in [0.15, 0.2) is 42.7 Å². The van der Waals surface area contributed by atoms with Crippen LogP contribution in [0, 0.1) is 12.3 Å². The fourth-order valence-corrected chi connectivity index (χ4v) is 3.85. The zero-order valence-corrected chi connectivity index (χ0v) is 19.5. The van der Waals surface area contributed by atoms with Crippen LogP contribution in [0.5, 0.6) is 11.5 Å². The van der Waals surface area contributed by atoms with Crippen LogP contribution in [0.3, 0.4) is 0 Å². The number of nitrogens with two attached hydrogens (primary N) is 1. The van der Waals surface area contributed by atoms with Gasteiger partial charge in [-0.1, -0.05) is 6.07 Å². The van der Waals surface area contributed by atoms with E-state index in [9.17, 15) is 4.79 Å². The maximum Gasteiger partial charge on any atom is 0.238 e. The monoisotopic (exact) mass is 461 g/mol. The SMILES string of the molecule is COc1ccc(CCN(C(C)=O)n2cnc(-c3nc4cc(C(=N)N)ccc4[nH]3)c2C)cc1OC. The van der Waals surface area contributed by atoms with Crippen LogP contribution in [-0.2, 0) is 11.2 Å². The molecule has 34 heavy (non-hydrogen) atoms. The molecule has 2 heterocycles. The summed E-state index contributed by atoms with van der Waals surface area (Å²) >= 11 is 0. The second-order valence-electron chi connectivity index (χ2n) is 7.84. The number of benzene rings is 2. The second-order valence-corrected chi connectivity index (χ2v) is 7.84. The molecule has 0 unspecified atom stereocenters. The summed E-state index contributed by atoms with van der Waals surface area (Å²) in [5.41, 5.74) is 10.1. The Morgan fingerprint density at radius 2 is 1.94 bits per heavy atom. The molecule has 4 aromatic rings. The van der Waals surface area contributed by atoms with Crippen molar-refractivity contribution < 1.29 is 14.3 Å². The molecule has 4 N–H and O–H groups in total. The normalized spacial score (nSPS) is 10.9. The molecule has 0 radical (unpaired) electrons. The fraction of sp³-hybridized carbons (Fsp3) is 0.250. The Labute approximate surface area is 196 Å². The Morgan fingerprint density at radius 3 is 2.62 bits per heavy atom. The number of amidine groups is 1. The van der Waals surface area contributed by atoms with Gasteiger partial charge in [-0.3, -0.25) is 10.2 Å². The lowest BCUT2D eigenvalue weighted by Gasteiger charge is -2.23. The summed E-state index contributed by atoms with van der Waals surface area (Å²) in [5.74, 6) is 1.76. The molecule has 4 rings (SSSR count). The van der Waals surface area contributed by atoms with E-state index < -0.39 is 0 Å². The van der Waals surface area contributed by atoms with Gasteiger partial charge >= 0.3 is 0 Å². The first-order valence-electron chi connectivity index (χ1n) is 10.7. The molecule has 2 aromatic carbocycles. The predicted molar refractivity (Wildman–Crippen MR) is 130 cm³/mol. The number of rotatable bonds is 8. The smallest absolute Gasteiger partial charge is 0.238 e. The first-order chi connectivity index (χ1) is 16.3. The van der Waals surface area contributed by atoms with Crippen LogP contribution in [0.25, 0.3) is 22.6 Å². The van der Waals surface area contributed by atoms with Crippen LogP contribution in [-0.4, -0.2) is 52.1 Å². The van der Waals surface area contributed by atoms with E-state index in [-0.39, 0.29) is 11.7 Å². The Bertz CT molecular complexity index is 1370. The van der Waals surface area contributed by atoms with Crippen molar-refractivity contribution >= 4 is 22.8 Å². The van der Waals surface area contributed by atoms with E-state index in [4.69, 9.17) is 20.6 Å². The third-order valence-corrected chi connectivity index (χ3v) is 5.68. The minimum Gasteiger partial charge on any atom is -0.493 e. The van der Waals surface area contributed by atoms with Crippen molar-refractivity contribution in [1.29, 1.82) is 5.41 Å². The molecule has 0 atom stereocenters. The molecule has 0 aliphatic carbocycles. The molecule has 0 aliphatic rings. The van der Waals surface area contributed by atoms with Gasteiger partial charge in [-0.15, -0.1) is 0 Å². The summed E-state index contributed by atoms with van der Waals surface area (Å²) in [5, 5.41) is 9.26. The molecule has 10 heteroatoms. The zero-order valence-electron chi connectivity index (χ0n) is 19.5. The summed E-state index contributed by atoms with van der Waals surface area (Å²) in [6.07, 6.45) is 2.24. The number of hydrogen-bond acceptors (Lipinski definition) is 6. The van der Waals surface area contributed by atoms with E-state index in [0.29, 0.717) is 47.1 Å². The zero-order chi connectivity index (χ0) is 24.4. The Balaban J connectivity index is 1.60. The minimum absolute atomic E-state index is 0.0153. The standard InChI is InChI=1S/C24H27N7O3/c1-14-22(24-28-18-7-6-17(23(25)26)12-19(18)29-24)27-13-31(14)30(15(2)32)10-9-16-5-8-20(33-3)21(11-16)34-4/h5-8,11-13H,9-10H2,1-4H3,(H3,25,26)(H,28,29). The molecule has 176 valence electrons. The molecule has 0 spiro atoms. The number of amides is 1. The minimum atomic E-state index is -0.108. The van der Waals surface area contributed by atoms with Crippen molar-refractivity contribution in [2.45, 2.75) is 20.3 Å². The molecule has 0 fully saturated rings. The third kappa shape index (κ3) is 4.29. The molecule has 0 bridgehead atoms. The fourth-order valence-electron chi connectivity index (χ4n) is 3.85. The third-order valence-electron chi connectivity index (χ3n) is 5.68. The van der Waals surface area contributed by atoms with Crippen molar-refractivity contribution in [3.8, 4) is 23.0 Å². The highest BCUT2D eigenvalue weighted by atomic mass is 16.5. The molecular formula is C24H27N7O3. The van der Waals surface area contributed by atoms with Crippen molar-refractivity contribution in [3.63, 3.8) is 0 Å². The van der Waals surface area contributed by atoms with E-state index in [2.05, 4.69) is 15.0 Å². The van der Waals surface area contributed by atoms with Crippen molar-refractivity contribution in [1.82, 2.24) is 19.6 Å². The topological polar surface area (TPSA) is 135 Å². The molecule has 0 saturated carbocycles. The summed E-state index contributed by atoms with van der Waals surface area (Å²) in [7, 11) is 3.19. The van der Waals surface area contributed by atoms with Gasteiger partial charge in [0.2, 0.25) is 5.91 Å². The molecule has 2 aromatic heterocycles. The number of carbonyl (C=O) groups excluding carboxylic acids is 1. The van der Waals surface area contributed by atoms with Gasteiger partial charge in [-0.2, -0.15) is 0 Å². The van der Waals surface area contributed by atoms with Crippen molar-refractivity contribution in [2.24, 2.45) is 5.73 Å². The van der Waals surface area contributed by atoms with Crippen LogP contribution >= 0.6 is 0 Å². The van der Waals surface area contributed by atoms with E-state index >= 15 is 0 Å². The highest BCUT2D eigenvalue weighted by molar-refractivity contribution is 5.98.